The second kappa shape index (κ2) is 6.59. The summed E-state index contributed by atoms with van der Waals surface area (Å²) in [6.45, 7) is 0. The third-order valence-electron chi connectivity index (χ3n) is 5.16. The van der Waals surface area contributed by atoms with Crippen LogP contribution in [-0.4, -0.2) is 10.3 Å². The van der Waals surface area contributed by atoms with Gasteiger partial charge >= 0.3 is 6.18 Å². The van der Waals surface area contributed by atoms with E-state index in [4.69, 9.17) is 9.05 Å². The lowest BCUT2D eigenvalue weighted by Crippen LogP contribution is -2.11. The van der Waals surface area contributed by atoms with Crippen molar-refractivity contribution in [2.24, 2.45) is 0 Å². The number of nitriles is 1. The Morgan fingerprint density at radius 3 is 2.30 bits per heavy atom. The number of rotatable bonds is 2. The summed E-state index contributed by atoms with van der Waals surface area (Å²) in [5.41, 5.74) is 1.12. The highest BCUT2D eigenvalue weighted by Crippen LogP contribution is 2.48. The Hall–Kier alpha value is -3.86. The maximum absolute atomic E-state index is 14.0. The molecule has 1 atom stereocenters. The minimum atomic E-state index is -4.76. The highest BCUT2D eigenvalue weighted by Gasteiger charge is 2.44. The van der Waals surface area contributed by atoms with E-state index in [1.54, 1.807) is 30.3 Å². The first kappa shape index (κ1) is 18.2. The molecule has 0 aliphatic heterocycles. The van der Waals surface area contributed by atoms with Crippen LogP contribution in [-0.2, 0) is 12.6 Å². The number of halogens is 3. The Morgan fingerprint density at radius 2 is 1.57 bits per heavy atom. The Labute approximate surface area is 168 Å². The van der Waals surface area contributed by atoms with E-state index in [0.717, 1.165) is 11.1 Å². The first-order chi connectivity index (χ1) is 14.5. The minimum absolute atomic E-state index is 0.215. The fraction of sp³-hybridized carbons (Fsp3) is 0.136. The van der Waals surface area contributed by atoms with E-state index in [9.17, 15) is 18.4 Å². The third-order valence-corrected chi connectivity index (χ3v) is 5.16. The van der Waals surface area contributed by atoms with Gasteiger partial charge in [0.1, 0.15) is 17.0 Å². The first-order valence-corrected chi connectivity index (χ1v) is 9.09. The SMILES string of the molecule is N#CC1Cc2ccccc2-c2noc(-c3onc(-c4ccccc4)c3C(F)(F)F)c21. The van der Waals surface area contributed by atoms with Crippen LogP contribution >= 0.6 is 0 Å². The summed E-state index contributed by atoms with van der Waals surface area (Å²) in [5.74, 6) is -1.51. The van der Waals surface area contributed by atoms with Crippen LogP contribution in [0.5, 0.6) is 0 Å². The lowest BCUT2D eigenvalue weighted by Gasteiger charge is -2.19. The number of nitrogens with zero attached hydrogens (tertiary/aromatic N) is 3. The second-order valence-corrected chi connectivity index (χ2v) is 6.92. The zero-order chi connectivity index (χ0) is 20.9. The van der Waals surface area contributed by atoms with Gasteiger partial charge in [-0.15, -0.1) is 0 Å². The van der Waals surface area contributed by atoms with Crippen LogP contribution in [0.1, 0.15) is 22.6 Å². The standard InChI is InChI=1S/C22H12F3N3O2/c23-22(24,25)17-18(12-6-2-1-3-7-12)27-30-21(17)20-16-14(11-26)10-13-8-4-5-9-15(13)19(16)28-29-20/h1-9,14H,10H2. The van der Waals surface area contributed by atoms with Crippen molar-refractivity contribution in [2.75, 3.05) is 0 Å². The molecular weight excluding hydrogens is 395 g/mol. The van der Waals surface area contributed by atoms with Crippen molar-refractivity contribution in [3.05, 3.63) is 71.3 Å². The Balaban J connectivity index is 1.76. The third kappa shape index (κ3) is 2.70. The molecule has 30 heavy (non-hydrogen) atoms. The Kier molecular flexibility index (Phi) is 4.00. The summed E-state index contributed by atoms with van der Waals surface area (Å²) in [6, 6.07) is 17.4. The molecule has 2 heterocycles. The van der Waals surface area contributed by atoms with Crippen molar-refractivity contribution in [1.29, 1.82) is 5.26 Å². The molecule has 1 aliphatic carbocycles. The summed E-state index contributed by atoms with van der Waals surface area (Å²) < 4.78 is 52.6. The average Bonchev–Trinajstić information content (AvgIpc) is 3.38. The smallest absolute Gasteiger partial charge is 0.352 e. The van der Waals surface area contributed by atoms with Crippen molar-refractivity contribution in [3.63, 3.8) is 0 Å². The molecule has 0 radical (unpaired) electrons. The number of hydrogen-bond donors (Lipinski definition) is 0. The fourth-order valence-corrected chi connectivity index (χ4v) is 3.84. The molecule has 5 nitrogen and oxygen atoms in total. The zero-order valence-electron chi connectivity index (χ0n) is 15.3. The van der Waals surface area contributed by atoms with Crippen molar-refractivity contribution < 1.29 is 22.2 Å². The number of alkyl halides is 3. The molecule has 1 unspecified atom stereocenters. The van der Waals surface area contributed by atoms with Crippen LogP contribution in [0.4, 0.5) is 13.2 Å². The Morgan fingerprint density at radius 1 is 0.900 bits per heavy atom. The van der Waals surface area contributed by atoms with Gasteiger partial charge in [0.05, 0.1) is 12.0 Å². The lowest BCUT2D eigenvalue weighted by molar-refractivity contribution is -0.136. The molecule has 2 aromatic carbocycles. The molecule has 0 N–H and O–H groups in total. The second-order valence-electron chi connectivity index (χ2n) is 6.92. The summed E-state index contributed by atoms with van der Waals surface area (Å²) in [4.78, 5) is 0. The van der Waals surface area contributed by atoms with Gasteiger partial charge in [0, 0.05) is 16.7 Å². The molecule has 0 amide bonds. The van der Waals surface area contributed by atoms with Crippen LogP contribution in [0.2, 0.25) is 0 Å². The molecule has 2 aromatic heterocycles. The molecule has 0 saturated heterocycles. The van der Waals surface area contributed by atoms with Gasteiger partial charge in [-0.25, -0.2) is 0 Å². The highest BCUT2D eigenvalue weighted by molar-refractivity contribution is 5.80. The van der Waals surface area contributed by atoms with Crippen molar-refractivity contribution in [2.45, 2.75) is 18.5 Å². The van der Waals surface area contributed by atoms with Gasteiger partial charge in [-0.05, 0) is 12.0 Å². The molecule has 5 rings (SSSR count). The van der Waals surface area contributed by atoms with Gasteiger partial charge in [-0.3, -0.25) is 0 Å². The van der Waals surface area contributed by atoms with E-state index in [1.165, 1.54) is 12.1 Å². The topological polar surface area (TPSA) is 75.8 Å². The van der Waals surface area contributed by atoms with Gasteiger partial charge < -0.3 is 9.05 Å². The molecule has 0 saturated carbocycles. The summed E-state index contributed by atoms with van der Waals surface area (Å²) in [7, 11) is 0. The number of benzene rings is 2. The maximum Gasteiger partial charge on any atom is 0.422 e. The molecule has 148 valence electrons. The van der Waals surface area contributed by atoms with E-state index < -0.39 is 23.4 Å². The largest absolute Gasteiger partial charge is 0.422 e. The maximum atomic E-state index is 14.0. The highest BCUT2D eigenvalue weighted by atomic mass is 19.4. The van der Waals surface area contributed by atoms with E-state index in [-0.39, 0.29) is 22.6 Å². The van der Waals surface area contributed by atoms with Crippen molar-refractivity contribution in [1.82, 2.24) is 10.3 Å². The number of aromatic nitrogens is 2. The Bertz CT molecular complexity index is 1280. The molecule has 8 heteroatoms. The van der Waals surface area contributed by atoms with Gasteiger partial charge in [0.2, 0.25) is 11.5 Å². The van der Waals surface area contributed by atoms with Gasteiger partial charge in [0.15, 0.2) is 0 Å². The number of fused-ring (bicyclic) bond motifs is 3. The summed E-state index contributed by atoms with van der Waals surface area (Å²) >= 11 is 0. The van der Waals surface area contributed by atoms with Crippen LogP contribution < -0.4 is 0 Å². The predicted molar refractivity (Wildman–Crippen MR) is 99.9 cm³/mol. The van der Waals surface area contributed by atoms with Crippen LogP contribution in [0, 0.1) is 11.3 Å². The van der Waals surface area contributed by atoms with E-state index in [1.807, 2.05) is 12.1 Å². The minimum Gasteiger partial charge on any atom is -0.352 e. The molecule has 0 spiro atoms. The normalized spacial score (nSPS) is 15.3. The summed E-state index contributed by atoms with van der Waals surface area (Å²) in [5, 5.41) is 17.4. The van der Waals surface area contributed by atoms with Gasteiger partial charge in [-0.1, -0.05) is 64.9 Å². The van der Waals surface area contributed by atoms with E-state index >= 15 is 0 Å². The van der Waals surface area contributed by atoms with Crippen molar-refractivity contribution >= 4 is 0 Å². The first-order valence-electron chi connectivity index (χ1n) is 9.09. The van der Waals surface area contributed by atoms with Crippen molar-refractivity contribution in [3.8, 4) is 40.1 Å². The van der Waals surface area contributed by atoms with Gasteiger partial charge in [0.25, 0.3) is 0 Å². The fourth-order valence-electron chi connectivity index (χ4n) is 3.84. The molecule has 0 bridgehead atoms. The number of hydrogen-bond acceptors (Lipinski definition) is 5. The van der Waals surface area contributed by atoms with Crippen LogP contribution in [0.15, 0.2) is 63.6 Å². The zero-order valence-corrected chi connectivity index (χ0v) is 15.3. The lowest BCUT2D eigenvalue weighted by atomic mass is 9.81. The van der Waals surface area contributed by atoms with E-state index in [0.29, 0.717) is 12.1 Å². The van der Waals surface area contributed by atoms with Crippen LogP contribution in [0.3, 0.4) is 0 Å². The monoisotopic (exact) mass is 407 g/mol. The van der Waals surface area contributed by atoms with Crippen LogP contribution in [0.25, 0.3) is 34.0 Å². The molecular formula is C22H12F3N3O2. The van der Waals surface area contributed by atoms with Gasteiger partial charge in [-0.2, -0.15) is 18.4 Å². The molecule has 4 aromatic rings. The van der Waals surface area contributed by atoms with E-state index in [2.05, 4.69) is 16.4 Å². The quantitative estimate of drug-likeness (QED) is 0.417. The molecule has 1 aliphatic rings. The molecule has 0 fully saturated rings. The average molecular weight is 407 g/mol. The summed E-state index contributed by atoms with van der Waals surface area (Å²) in [6.07, 6.45) is -4.41. The predicted octanol–water partition coefficient (Wildman–Crippen LogP) is 5.85.